The molecule has 1 aromatic rings. The van der Waals surface area contributed by atoms with Crippen molar-refractivity contribution in [1.29, 1.82) is 0 Å². The summed E-state index contributed by atoms with van der Waals surface area (Å²) >= 11 is 0. The summed E-state index contributed by atoms with van der Waals surface area (Å²) in [5.74, 6) is 0.0114. The van der Waals surface area contributed by atoms with Gasteiger partial charge in [0.15, 0.2) is 0 Å². The molecular formula is C18H26N4O2. The van der Waals surface area contributed by atoms with Crippen LogP contribution in [0.4, 0.5) is 10.5 Å². The Bertz CT molecular complexity index is 611. The smallest absolute Gasteiger partial charge is 0.317 e. The van der Waals surface area contributed by atoms with Crippen molar-refractivity contribution in [2.24, 2.45) is 11.7 Å². The van der Waals surface area contributed by atoms with Gasteiger partial charge in [0.25, 0.3) is 0 Å². The van der Waals surface area contributed by atoms with Crippen LogP contribution in [0.15, 0.2) is 24.3 Å². The van der Waals surface area contributed by atoms with Crippen molar-refractivity contribution in [2.45, 2.75) is 25.2 Å². The number of benzene rings is 1. The van der Waals surface area contributed by atoms with Gasteiger partial charge in [-0.3, -0.25) is 4.79 Å². The molecule has 3 N–H and O–H groups in total. The molecule has 0 bridgehead atoms. The molecule has 130 valence electrons. The average Bonchev–Trinajstić information content (AvgIpc) is 2.61. The van der Waals surface area contributed by atoms with Crippen LogP contribution in [0.1, 0.15) is 30.7 Å². The molecule has 2 aliphatic heterocycles. The van der Waals surface area contributed by atoms with Crippen molar-refractivity contribution in [3.05, 3.63) is 29.8 Å². The van der Waals surface area contributed by atoms with Gasteiger partial charge in [0.2, 0.25) is 5.91 Å². The molecule has 1 saturated heterocycles. The van der Waals surface area contributed by atoms with Gasteiger partial charge in [0, 0.05) is 50.7 Å². The highest BCUT2D eigenvalue weighted by Gasteiger charge is 2.27. The van der Waals surface area contributed by atoms with Crippen LogP contribution in [0.5, 0.6) is 0 Å². The van der Waals surface area contributed by atoms with Gasteiger partial charge in [-0.1, -0.05) is 18.2 Å². The van der Waals surface area contributed by atoms with Crippen molar-refractivity contribution in [1.82, 2.24) is 10.2 Å². The van der Waals surface area contributed by atoms with E-state index in [9.17, 15) is 9.59 Å². The van der Waals surface area contributed by atoms with Crippen LogP contribution in [0.2, 0.25) is 0 Å². The zero-order valence-corrected chi connectivity index (χ0v) is 14.2. The SMILES string of the molecule is CN1CC[C@@H](CNC(=O)N2CCC(C(N)=O)CC2)c2ccccc21. The number of nitrogens with two attached hydrogens (primary N) is 1. The fraction of sp³-hybridized carbons (Fsp3) is 0.556. The van der Waals surface area contributed by atoms with Crippen molar-refractivity contribution in [3.8, 4) is 0 Å². The maximum absolute atomic E-state index is 12.4. The number of para-hydroxylation sites is 1. The minimum atomic E-state index is -0.252. The summed E-state index contributed by atoms with van der Waals surface area (Å²) in [6, 6.07) is 8.37. The summed E-state index contributed by atoms with van der Waals surface area (Å²) < 4.78 is 0. The Labute approximate surface area is 143 Å². The predicted molar refractivity (Wildman–Crippen MR) is 94.0 cm³/mol. The number of nitrogens with zero attached hydrogens (tertiary/aromatic N) is 2. The average molecular weight is 330 g/mol. The third kappa shape index (κ3) is 3.47. The van der Waals surface area contributed by atoms with Gasteiger partial charge < -0.3 is 20.9 Å². The first-order valence-corrected chi connectivity index (χ1v) is 8.68. The Balaban J connectivity index is 1.54. The Morgan fingerprint density at radius 1 is 1.17 bits per heavy atom. The lowest BCUT2D eigenvalue weighted by Gasteiger charge is -2.34. The summed E-state index contributed by atoms with van der Waals surface area (Å²) in [4.78, 5) is 27.6. The van der Waals surface area contributed by atoms with Crippen LogP contribution in [0.3, 0.4) is 0 Å². The number of hydrogen-bond acceptors (Lipinski definition) is 3. The molecule has 1 aromatic carbocycles. The first-order valence-electron chi connectivity index (χ1n) is 8.68. The highest BCUT2D eigenvalue weighted by atomic mass is 16.2. The van der Waals surface area contributed by atoms with E-state index in [1.54, 1.807) is 4.90 Å². The molecule has 0 radical (unpaired) electrons. The molecule has 2 heterocycles. The molecule has 6 heteroatoms. The van der Waals surface area contributed by atoms with E-state index in [1.807, 2.05) is 0 Å². The van der Waals surface area contributed by atoms with Crippen molar-refractivity contribution >= 4 is 17.6 Å². The van der Waals surface area contributed by atoms with Gasteiger partial charge in [-0.15, -0.1) is 0 Å². The number of hydrogen-bond donors (Lipinski definition) is 2. The van der Waals surface area contributed by atoms with Crippen LogP contribution >= 0.6 is 0 Å². The third-order valence-corrected chi connectivity index (χ3v) is 5.29. The summed E-state index contributed by atoms with van der Waals surface area (Å²) in [6.07, 6.45) is 2.37. The van der Waals surface area contributed by atoms with E-state index in [2.05, 4.69) is 41.5 Å². The number of nitrogens with one attached hydrogen (secondary N) is 1. The van der Waals surface area contributed by atoms with Gasteiger partial charge in [0.05, 0.1) is 0 Å². The van der Waals surface area contributed by atoms with Gasteiger partial charge in [-0.25, -0.2) is 4.79 Å². The van der Waals surface area contributed by atoms with E-state index >= 15 is 0 Å². The molecular weight excluding hydrogens is 304 g/mol. The van der Waals surface area contributed by atoms with Crippen LogP contribution in [-0.2, 0) is 4.79 Å². The second-order valence-corrected chi connectivity index (χ2v) is 6.82. The van der Waals surface area contributed by atoms with Crippen LogP contribution in [0.25, 0.3) is 0 Å². The molecule has 3 rings (SSSR count). The Hall–Kier alpha value is -2.24. The monoisotopic (exact) mass is 330 g/mol. The lowest BCUT2D eigenvalue weighted by molar-refractivity contribution is -0.123. The first-order chi connectivity index (χ1) is 11.6. The van der Waals surface area contributed by atoms with E-state index in [0.29, 0.717) is 38.4 Å². The number of amides is 3. The van der Waals surface area contributed by atoms with Gasteiger partial charge in [0.1, 0.15) is 0 Å². The number of likely N-dealkylation sites (tertiary alicyclic amines) is 1. The second-order valence-electron chi connectivity index (χ2n) is 6.82. The van der Waals surface area contributed by atoms with E-state index in [1.165, 1.54) is 11.3 Å². The van der Waals surface area contributed by atoms with Crippen LogP contribution in [0, 0.1) is 5.92 Å². The largest absolute Gasteiger partial charge is 0.374 e. The number of urea groups is 1. The summed E-state index contributed by atoms with van der Waals surface area (Å²) in [5.41, 5.74) is 7.90. The lowest BCUT2D eigenvalue weighted by atomic mass is 9.90. The number of rotatable bonds is 3. The molecule has 2 aliphatic rings. The van der Waals surface area contributed by atoms with Gasteiger partial charge in [-0.05, 0) is 30.9 Å². The number of carbonyl (C=O) groups is 2. The molecule has 0 spiro atoms. The van der Waals surface area contributed by atoms with Gasteiger partial charge >= 0.3 is 6.03 Å². The number of fused-ring (bicyclic) bond motifs is 1. The van der Waals surface area contributed by atoms with E-state index in [0.717, 1.165) is 13.0 Å². The molecule has 0 unspecified atom stereocenters. The number of carbonyl (C=O) groups excluding carboxylic acids is 2. The zero-order chi connectivity index (χ0) is 17.1. The second kappa shape index (κ2) is 7.11. The number of piperidine rings is 1. The molecule has 0 aromatic heterocycles. The number of anilines is 1. The molecule has 6 nitrogen and oxygen atoms in total. The fourth-order valence-corrected chi connectivity index (χ4v) is 3.71. The van der Waals surface area contributed by atoms with E-state index < -0.39 is 0 Å². The summed E-state index contributed by atoms with van der Waals surface area (Å²) in [7, 11) is 2.11. The highest BCUT2D eigenvalue weighted by Crippen LogP contribution is 2.33. The maximum atomic E-state index is 12.4. The molecule has 1 fully saturated rings. The normalized spacial score (nSPS) is 21.3. The van der Waals surface area contributed by atoms with Crippen LogP contribution < -0.4 is 16.0 Å². The van der Waals surface area contributed by atoms with E-state index in [4.69, 9.17) is 5.73 Å². The topological polar surface area (TPSA) is 78.7 Å². The fourth-order valence-electron chi connectivity index (χ4n) is 3.71. The quantitative estimate of drug-likeness (QED) is 0.882. The Kier molecular flexibility index (Phi) is 4.92. The molecule has 0 saturated carbocycles. The standard InChI is InChI=1S/C18H26N4O2/c1-21-9-6-14(15-4-2-3-5-16(15)21)12-20-18(24)22-10-7-13(8-11-22)17(19)23/h2-5,13-14H,6-12H2,1H3,(H2,19,23)(H,20,24)/t14-/m0/s1. The lowest BCUT2D eigenvalue weighted by Crippen LogP contribution is -2.47. The van der Waals surface area contributed by atoms with Crippen LogP contribution in [-0.4, -0.2) is 50.1 Å². The number of primary amides is 1. The maximum Gasteiger partial charge on any atom is 0.317 e. The molecule has 0 aliphatic carbocycles. The highest BCUT2D eigenvalue weighted by molar-refractivity contribution is 5.78. The molecule has 1 atom stereocenters. The van der Waals surface area contributed by atoms with Crippen molar-refractivity contribution < 1.29 is 9.59 Å². The summed E-state index contributed by atoms with van der Waals surface area (Å²) in [6.45, 7) is 2.86. The predicted octanol–water partition coefficient (Wildman–Crippen LogP) is 1.52. The zero-order valence-electron chi connectivity index (χ0n) is 14.2. The minimum Gasteiger partial charge on any atom is -0.374 e. The molecule has 3 amide bonds. The van der Waals surface area contributed by atoms with Crippen molar-refractivity contribution in [3.63, 3.8) is 0 Å². The first kappa shape index (κ1) is 16.6. The van der Waals surface area contributed by atoms with E-state index in [-0.39, 0.29) is 17.9 Å². The summed E-state index contributed by atoms with van der Waals surface area (Å²) in [5, 5.41) is 3.07. The third-order valence-electron chi connectivity index (χ3n) is 5.29. The Morgan fingerprint density at radius 2 is 1.88 bits per heavy atom. The van der Waals surface area contributed by atoms with Gasteiger partial charge in [-0.2, -0.15) is 0 Å². The molecule has 24 heavy (non-hydrogen) atoms. The Morgan fingerprint density at radius 3 is 2.58 bits per heavy atom. The minimum absolute atomic E-state index is 0.0330. The van der Waals surface area contributed by atoms with Crippen molar-refractivity contribution in [2.75, 3.05) is 38.1 Å².